The van der Waals surface area contributed by atoms with Crippen LogP contribution in [0.25, 0.3) is 22.4 Å². The van der Waals surface area contributed by atoms with Crippen LogP contribution in [0.15, 0.2) is 64.8 Å². The van der Waals surface area contributed by atoms with Crippen molar-refractivity contribution in [2.75, 3.05) is 0 Å². The molecular formula is C23H22N6OS. The zero-order chi connectivity index (χ0) is 21.5. The predicted molar refractivity (Wildman–Crippen MR) is 123 cm³/mol. The Labute approximate surface area is 183 Å². The normalized spacial score (nSPS) is 11.6. The monoisotopic (exact) mass is 430 g/mol. The molecule has 5 rings (SSSR count). The Balaban J connectivity index is 1.57. The predicted octanol–water partition coefficient (Wildman–Crippen LogP) is 4.16. The third-order valence-corrected chi connectivity index (χ3v) is 6.42. The van der Waals surface area contributed by atoms with Crippen LogP contribution in [0.2, 0.25) is 0 Å². The molecule has 0 fully saturated rings. The highest BCUT2D eigenvalue weighted by atomic mass is 32.2. The number of aryl methyl sites for hydroxylation is 3. The lowest BCUT2D eigenvalue weighted by atomic mass is 10.1. The quantitative estimate of drug-likeness (QED) is 0.392. The Morgan fingerprint density at radius 3 is 2.74 bits per heavy atom. The van der Waals surface area contributed by atoms with Crippen LogP contribution in [0.4, 0.5) is 0 Å². The molecule has 0 unspecified atom stereocenters. The topological polar surface area (TPSA) is 70.0 Å². The molecule has 0 aliphatic carbocycles. The van der Waals surface area contributed by atoms with Gasteiger partial charge in [-0.05, 0) is 50.1 Å². The van der Waals surface area contributed by atoms with Gasteiger partial charge in [-0.25, -0.2) is 4.98 Å². The van der Waals surface area contributed by atoms with Crippen molar-refractivity contribution in [3.63, 3.8) is 0 Å². The Kier molecular flexibility index (Phi) is 4.86. The molecule has 3 heterocycles. The third-order valence-electron chi connectivity index (χ3n) is 5.45. The Hall–Kier alpha value is -3.39. The molecule has 2 aromatic carbocycles. The summed E-state index contributed by atoms with van der Waals surface area (Å²) in [5.74, 6) is 1.93. The van der Waals surface area contributed by atoms with Crippen molar-refractivity contribution < 1.29 is 0 Å². The number of benzene rings is 2. The van der Waals surface area contributed by atoms with Crippen LogP contribution in [0.1, 0.15) is 23.9 Å². The van der Waals surface area contributed by atoms with Gasteiger partial charge < -0.3 is 0 Å². The van der Waals surface area contributed by atoms with Gasteiger partial charge in [0.05, 0.1) is 22.3 Å². The van der Waals surface area contributed by atoms with E-state index in [0.29, 0.717) is 23.5 Å². The van der Waals surface area contributed by atoms with Gasteiger partial charge in [0.2, 0.25) is 5.78 Å². The summed E-state index contributed by atoms with van der Waals surface area (Å²) in [6, 6.07) is 14.0. The first-order valence-electron chi connectivity index (χ1n) is 10.2. The average molecular weight is 431 g/mol. The number of para-hydroxylation sites is 1. The number of hydrogen-bond donors (Lipinski definition) is 0. The minimum Gasteiger partial charge on any atom is -0.295 e. The standard InChI is InChI=1S/C23H22N6OS/c1-4-27-21(30)17-7-5-6-8-18(17)29-20(25-26-22(27)29)14-31-23-24-11-12-28(23)19-13-15(2)9-10-16(19)3/h5-13H,4,14H2,1-3H3. The molecule has 0 aliphatic rings. The molecule has 5 aromatic rings. The highest BCUT2D eigenvalue weighted by molar-refractivity contribution is 7.98. The fraction of sp³-hybridized carbons (Fsp3) is 0.217. The van der Waals surface area contributed by atoms with Gasteiger partial charge in [0, 0.05) is 18.9 Å². The molecule has 0 saturated carbocycles. The van der Waals surface area contributed by atoms with Crippen LogP contribution >= 0.6 is 11.8 Å². The lowest BCUT2D eigenvalue weighted by Gasteiger charge is -2.12. The number of aromatic nitrogens is 6. The molecule has 0 aliphatic heterocycles. The van der Waals surface area contributed by atoms with E-state index in [0.717, 1.165) is 22.2 Å². The van der Waals surface area contributed by atoms with E-state index in [1.54, 1.807) is 16.3 Å². The molecule has 0 spiro atoms. The van der Waals surface area contributed by atoms with E-state index in [1.807, 2.05) is 48.0 Å². The van der Waals surface area contributed by atoms with E-state index in [9.17, 15) is 4.79 Å². The van der Waals surface area contributed by atoms with Crippen LogP contribution in [0, 0.1) is 13.8 Å². The minimum absolute atomic E-state index is 0.0392. The van der Waals surface area contributed by atoms with Crippen molar-refractivity contribution in [2.45, 2.75) is 38.2 Å². The van der Waals surface area contributed by atoms with Gasteiger partial charge in [-0.3, -0.25) is 18.3 Å². The maximum Gasteiger partial charge on any atom is 0.262 e. The maximum absolute atomic E-state index is 12.9. The molecule has 156 valence electrons. The summed E-state index contributed by atoms with van der Waals surface area (Å²) in [5.41, 5.74) is 4.30. The van der Waals surface area contributed by atoms with Crippen LogP contribution in [-0.4, -0.2) is 28.7 Å². The minimum atomic E-state index is -0.0392. The molecular weight excluding hydrogens is 408 g/mol. The fourth-order valence-corrected chi connectivity index (χ4v) is 4.76. The first-order valence-corrected chi connectivity index (χ1v) is 11.2. The highest BCUT2D eigenvalue weighted by Gasteiger charge is 2.17. The summed E-state index contributed by atoms with van der Waals surface area (Å²) in [6.07, 6.45) is 3.80. The molecule has 0 radical (unpaired) electrons. The van der Waals surface area contributed by atoms with Crippen molar-refractivity contribution in [1.29, 1.82) is 0 Å². The third kappa shape index (κ3) is 3.23. The van der Waals surface area contributed by atoms with Crippen LogP contribution in [0.5, 0.6) is 0 Å². The molecule has 0 saturated heterocycles. The van der Waals surface area contributed by atoms with E-state index in [1.165, 1.54) is 11.1 Å². The van der Waals surface area contributed by atoms with Crippen molar-refractivity contribution in [1.82, 2.24) is 28.7 Å². The SMILES string of the molecule is CCn1c(=O)c2ccccc2n2c(CSc3nccn3-c3cc(C)ccc3C)nnc12. The second-order valence-corrected chi connectivity index (χ2v) is 8.42. The maximum atomic E-state index is 12.9. The van der Waals surface area contributed by atoms with Crippen molar-refractivity contribution in [3.8, 4) is 5.69 Å². The summed E-state index contributed by atoms with van der Waals surface area (Å²) in [6.45, 7) is 6.68. The van der Waals surface area contributed by atoms with E-state index in [4.69, 9.17) is 0 Å². The molecule has 0 N–H and O–H groups in total. The Morgan fingerprint density at radius 1 is 1.06 bits per heavy atom. The Bertz CT molecular complexity index is 1480. The molecule has 0 amide bonds. The zero-order valence-corrected chi connectivity index (χ0v) is 18.4. The Morgan fingerprint density at radius 2 is 1.90 bits per heavy atom. The number of thioether (sulfide) groups is 1. The molecule has 7 nitrogen and oxygen atoms in total. The summed E-state index contributed by atoms with van der Waals surface area (Å²) in [5, 5.41) is 10.3. The average Bonchev–Trinajstić information content (AvgIpc) is 3.41. The number of rotatable bonds is 5. The number of hydrogen-bond acceptors (Lipinski definition) is 5. The molecule has 0 atom stereocenters. The number of imidazole rings is 1. The second kappa shape index (κ2) is 7.70. The van der Waals surface area contributed by atoms with Gasteiger partial charge in [-0.2, -0.15) is 0 Å². The van der Waals surface area contributed by atoms with E-state index >= 15 is 0 Å². The van der Waals surface area contributed by atoms with Crippen LogP contribution in [-0.2, 0) is 12.3 Å². The molecule has 31 heavy (non-hydrogen) atoms. The molecule has 0 bridgehead atoms. The van der Waals surface area contributed by atoms with E-state index in [2.05, 4.69) is 51.8 Å². The molecule has 8 heteroatoms. The summed E-state index contributed by atoms with van der Waals surface area (Å²) in [4.78, 5) is 17.4. The van der Waals surface area contributed by atoms with E-state index in [-0.39, 0.29) is 5.56 Å². The van der Waals surface area contributed by atoms with Gasteiger partial charge in [0.15, 0.2) is 5.16 Å². The number of nitrogens with zero attached hydrogens (tertiary/aromatic N) is 6. The summed E-state index contributed by atoms with van der Waals surface area (Å²) < 4.78 is 5.76. The lowest BCUT2D eigenvalue weighted by molar-refractivity contribution is 0.735. The van der Waals surface area contributed by atoms with Crippen LogP contribution in [0.3, 0.4) is 0 Å². The smallest absolute Gasteiger partial charge is 0.262 e. The first-order chi connectivity index (χ1) is 15.1. The van der Waals surface area contributed by atoms with Gasteiger partial charge in [-0.15, -0.1) is 10.2 Å². The van der Waals surface area contributed by atoms with Crippen LogP contribution < -0.4 is 5.56 Å². The van der Waals surface area contributed by atoms with Crippen molar-refractivity contribution in [2.24, 2.45) is 0 Å². The summed E-state index contributed by atoms with van der Waals surface area (Å²) in [7, 11) is 0. The van der Waals surface area contributed by atoms with Gasteiger partial charge in [0.25, 0.3) is 5.56 Å². The fourth-order valence-electron chi connectivity index (χ4n) is 3.88. The van der Waals surface area contributed by atoms with Crippen molar-refractivity contribution >= 4 is 28.4 Å². The van der Waals surface area contributed by atoms with Gasteiger partial charge in [-0.1, -0.05) is 36.0 Å². The largest absolute Gasteiger partial charge is 0.295 e. The second-order valence-electron chi connectivity index (χ2n) is 7.48. The summed E-state index contributed by atoms with van der Waals surface area (Å²) >= 11 is 1.60. The highest BCUT2D eigenvalue weighted by Crippen LogP contribution is 2.26. The molecule has 3 aromatic heterocycles. The zero-order valence-electron chi connectivity index (χ0n) is 17.6. The number of fused-ring (bicyclic) bond motifs is 3. The van der Waals surface area contributed by atoms with Gasteiger partial charge >= 0.3 is 0 Å². The van der Waals surface area contributed by atoms with Gasteiger partial charge in [0.1, 0.15) is 5.82 Å². The van der Waals surface area contributed by atoms with Crippen molar-refractivity contribution in [3.05, 3.63) is 82.2 Å². The van der Waals surface area contributed by atoms with E-state index < -0.39 is 0 Å². The first kappa shape index (κ1) is 19.6. The lowest BCUT2D eigenvalue weighted by Crippen LogP contribution is -2.22.